The molecule has 10 heteroatoms. The van der Waals surface area contributed by atoms with Gasteiger partial charge in [-0.25, -0.2) is 4.98 Å². The summed E-state index contributed by atoms with van der Waals surface area (Å²) < 4.78 is 8.66. The van der Waals surface area contributed by atoms with E-state index in [2.05, 4.69) is 10.4 Å². The summed E-state index contributed by atoms with van der Waals surface area (Å²) in [6, 6.07) is 23.2. The predicted octanol–water partition coefficient (Wildman–Crippen LogP) is 5.15. The summed E-state index contributed by atoms with van der Waals surface area (Å²) in [5, 5.41) is 18.8. The lowest BCUT2D eigenvalue weighted by molar-refractivity contribution is -0.384. The van der Waals surface area contributed by atoms with Gasteiger partial charge < -0.3 is 14.6 Å². The third-order valence-corrected chi connectivity index (χ3v) is 5.91. The van der Waals surface area contributed by atoms with Crippen LogP contribution < -0.4 is 10.1 Å². The number of fused-ring (bicyclic) bond motifs is 1. The number of para-hydroxylation sites is 2. The van der Waals surface area contributed by atoms with Crippen molar-refractivity contribution < 1.29 is 14.5 Å². The molecule has 0 aliphatic rings. The summed E-state index contributed by atoms with van der Waals surface area (Å²) in [6.07, 6.45) is 3.15. The largest absolute Gasteiger partial charge is 0.497 e. The molecule has 5 rings (SSSR count). The van der Waals surface area contributed by atoms with Crippen LogP contribution in [0.2, 0.25) is 0 Å². The molecule has 1 N–H and O–H groups in total. The molecule has 0 aliphatic heterocycles. The Labute approximate surface area is 218 Å². The minimum absolute atomic E-state index is 0.0139. The standard InChI is InChI=1S/C28H24N6O4/c1-19-16-26(30-27(35)15-12-20-10-13-23(38-2)14-11-20)33(31-19)28-29-24-8-3-4-9-25(24)32(28)18-21-6-5-7-22(17-21)34(36)37/h3-17H,18H2,1-2H3,(H,30,35). The van der Waals surface area contributed by atoms with E-state index >= 15 is 0 Å². The molecule has 10 nitrogen and oxygen atoms in total. The van der Waals surface area contributed by atoms with E-state index in [0.29, 0.717) is 24.0 Å². The van der Waals surface area contributed by atoms with Crippen molar-refractivity contribution in [3.05, 3.63) is 112 Å². The molecular weight excluding hydrogens is 484 g/mol. The molecule has 0 saturated heterocycles. The molecule has 0 saturated carbocycles. The van der Waals surface area contributed by atoms with Gasteiger partial charge in [0, 0.05) is 24.3 Å². The molecule has 190 valence electrons. The van der Waals surface area contributed by atoms with Crippen molar-refractivity contribution >= 4 is 34.5 Å². The Balaban J connectivity index is 1.48. The second kappa shape index (κ2) is 10.4. The van der Waals surface area contributed by atoms with Crippen LogP contribution in [0.4, 0.5) is 11.5 Å². The highest BCUT2D eigenvalue weighted by Crippen LogP contribution is 2.25. The van der Waals surface area contributed by atoms with Gasteiger partial charge in [-0.05, 0) is 48.4 Å². The van der Waals surface area contributed by atoms with Crippen molar-refractivity contribution in [2.45, 2.75) is 13.5 Å². The van der Waals surface area contributed by atoms with E-state index in [1.807, 2.05) is 66.1 Å². The number of rotatable bonds is 8. The number of hydrogen-bond acceptors (Lipinski definition) is 6. The normalized spacial score (nSPS) is 11.2. The number of non-ortho nitro benzene ring substituents is 1. The van der Waals surface area contributed by atoms with Crippen molar-refractivity contribution in [1.29, 1.82) is 0 Å². The number of aryl methyl sites for hydroxylation is 1. The Bertz CT molecular complexity index is 1670. The quantitative estimate of drug-likeness (QED) is 0.176. The number of amides is 1. The second-order valence-electron chi connectivity index (χ2n) is 8.59. The highest BCUT2D eigenvalue weighted by atomic mass is 16.6. The number of anilines is 1. The first kappa shape index (κ1) is 24.4. The van der Waals surface area contributed by atoms with Crippen LogP contribution in [0.1, 0.15) is 16.8 Å². The third kappa shape index (κ3) is 5.14. The molecule has 2 heterocycles. The van der Waals surface area contributed by atoms with E-state index in [0.717, 1.165) is 27.9 Å². The van der Waals surface area contributed by atoms with Crippen LogP contribution in [-0.2, 0) is 11.3 Å². The number of carbonyl (C=O) groups excluding carboxylic acids is 1. The lowest BCUT2D eigenvalue weighted by Gasteiger charge is -2.12. The molecule has 1 amide bonds. The Hall–Kier alpha value is -5.25. The minimum atomic E-state index is -0.416. The SMILES string of the molecule is COc1ccc(C=CC(=O)Nc2cc(C)nn2-c2nc3ccccc3n2Cc2cccc([N+](=O)[O-])c2)cc1. The number of nitro groups is 1. The number of nitrogens with zero attached hydrogens (tertiary/aromatic N) is 5. The molecule has 0 bridgehead atoms. The average molecular weight is 509 g/mol. The summed E-state index contributed by atoms with van der Waals surface area (Å²) in [5.74, 6) is 1.32. The van der Waals surface area contributed by atoms with Crippen LogP contribution in [0.3, 0.4) is 0 Å². The number of benzene rings is 3. The lowest BCUT2D eigenvalue weighted by atomic mass is 10.2. The van der Waals surface area contributed by atoms with E-state index in [4.69, 9.17) is 9.72 Å². The van der Waals surface area contributed by atoms with Crippen LogP contribution in [-0.4, -0.2) is 37.3 Å². The molecular formula is C28H24N6O4. The van der Waals surface area contributed by atoms with Gasteiger partial charge in [0.2, 0.25) is 11.9 Å². The fraction of sp³-hybridized carbons (Fsp3) is 0.107. The van der Waals surface area contributed by atoms with Gasteiger partial charge in [0.15, 0.2) is 0 Å². The summed E-state index contributed by atoms with van der Waals surface area (Å²) in [7, 11) is 1.60. The maximum atomic E-state index is 12.8. The first-order valence-corrected chi connectivity index (χ1v) is 11.8. The van der Waals surface area contributed by atoms with Gasteiger partial charge in [0.05, 0.1) is 35.3 Å². The smallest absolute Gasteiger partial charge is 0.269 e. The Morgan fingerprint density at radius 3 is 2.63 bits per heavy atom. The first-order chi connectivity index (χ1) is 18.4. The maximum Gasteiger partial charge on any atom is 0.269 e. The second-order valence-corrected chi connectivity index (χ2v) is 8.59. The number of methoxy groups -OCH3 is 1. The number of nitrogens with one attached hydrogen (secondary N) is 1. The summed E-state index contributed by atoms with van der Waals surface area (Å²) >= 11 is 0. The number of imidazole rings is 1. The molecule has 38 heavy (non-hydrogen) atoms. The number of carbonyl (C=O) groups is 1. The molecule has 5 aromatic rings. The maximum absolute atomic E-state index is 12.8. The Morgan fingerprint density at radius 2 is 1.87 bits per heavy atom. The molecule has 2 aromatic heterocycles. The monoisotopic (exact) mass is 508 g/mol. The van der Waals surface area contributed by atoms with E-state index in [9.17, 15) is 14.9 Å². The van der Waals surface area contributed by atoms with Gasteiger partial charge in [-0.15, -0.1) is 0 Å². The van der Waals surface area contributed by atoms with Crippen molar-refractivity contribution in [3.63, 3.8) is 0 Å². The van der Waals surface area contributed by atoms with Crippen molar-refractivity contribution in [1.82, 2.24) is 19.3 Å². The zero-order valence-corrected chi connectivity index (χ0v) is 20.7. The van der Waals surface area contributed by atoms with Gasteiger partial charge in [-0.3, -0.25) is 14.9 Å². The molecule has 0 spiro atoms. The van der Waals surface area contributed by atoms with E-state index in [-0.39, 0.29) is 11.6 Å². The van der Waals surface area contributed by atoms with Crippen molar-refractivity contribution in [2.75, 3.05) is 12.4 Å². The van der Waals surface area contributed by atoms with Gasteiger partial charge in [-0.2, -0.15) is 9.78 Å². The third-order valence-electron chi connectivity index (χ3n) is 5.91. The Morgan fingerprint density at radius 1 is 1.08 bits per heavy atom. The Kier molecular flexibility index (Phi) is 6.68. The fourth-order valence-corrected chi connectivity index (χ4v) is 4.13. The molecule has 0 unspecified atom stereocenters. The zero-order chi connectivity index (χ0) is 26.6. The van der Waals surface area contributed by atoms with Crippen molar-refractivity contribution in [2.24, 2.45) is 0 Å². The highest BCUT2D eigenvalue weighted by molar-refractivity contribution is 6.01. The molecule has 0 atom stereocenters. The fourth-order valence-electron chi connectivity index (χ4n) is 4.13. The highest BCUT2D eigenvalue weighted by Gasteiger charge is 2.18. The number of ether oxygens (including phenoxy) is 1. The minimum Gasteiger partial charge on any atom is -0.497 e. The number of hydrogen-bond donors (Lipinski definition) is 1. The topological polar surface area (TPSA) is 117 Å². The van der Waals surface area contributed by atoms with E-state index < -0.39 is 4.92 Å². The van der Waals surface area contributed by atoms with Crippen molar-refractivity contribution in [3.8, 4) is 11.7 Å². The van der Waals surface area contributed by atoms with Crippen LogP contribution in [0.15, 0.2) is 84.9 Å². The first-order valence-electron chi connectivity index (χ1n) is 11.8. The summed E-state index contributed by atoms with van der Waals surface area (Å²) in [5.41, 5.74) is 3.86. The van der Waals surface area contributed by atoms with Crippen LogP contribution >= 0.6 is 0 Å². The van der Waals surface area contributed by atoms with Crippen LogP contribution in [0.5, 0.6) is 5.75 Å². The predicted molar refractivity (Wildman–Crippen MR) is 144 cm³/mol. The zero-order valence-electron chi connectivity index (χ0n) is 20.7. The van der Waals surface area contributed by atoms with E-state index in [1.165, 1.54) is 12.1 Å². The number of nitro benzene ring substituents is 1. The van der Waals surface area contributed by atoms with Gasteiger partial charge in [0.25, 0.3) is 5.69 Å². The van der Waals surface area contributed by atoms with Gasteiger partial charge >= 0.3 is 0 Å². The molecule has 0 aliphatic carbocycles. The molecule has 3 aromatic carbocycles. The van der Waals surface area contributed by atoms with Gasteiger partial charge in [-0.1, -0.05) is 36.4 Å². The van der Waals surface area contributed by atoms with Gasteiger partial charge in [0.1, 0.15) is 11.6 Å². The molecule has 0 radical (unpaired) electrons. The average Bonchev–Trinajstić information content (AvgIpc) is 3.47. The summed E-state index contributed by atoms with van der Waals surface area (Å²) in [6.45, 7) is 2.15. The summed E-state index contributed by atoms with van der Waals surface area (Å²) in [4.78, 5) is 28.5. The molecule has 0 fully saturated rings. The van der Waals surface area contributed by atoms with Crippen LogP contribution in [0, 0.1) is 17.0 Å². The number of aromatic nitrogens is 4. The lowest BCUT2D eigenvalue weighted by Crippen LogP contribution is -2.15. The van der Waals surface area contributed by atoms with Crippen LogP contribution in [0.25, 0.3) is 23.1 Å². The van der Waals surface area contributed by atoms with E-state index in [1.54, 1.807) is 36.1 Å².